The van der Waals surface area contributed by atoms with Gasteiger partial charge in [0.05, 0.1) is 11.5 Å². The van der Waals surface area contributed by atoms with Gasteiger partial charge in [-0.25, -0.2) is 0 Å². The molecule has 0 saturated heterocycles. The maximum Gasteiger partial charge on any atom is 0.328 e. The first-order chi connectivity index (χ1) is 13.1. The van der Waals surface area contributed by atoms with Crippen LogP contribution in [0.5, 0.6) is 0 Å². The SMILES string of the molecule is CCO[C@H]1C[C@@H](OC(=O)Cn2nnc3ccccc3c2=O)C12CCCCC2. The fourth-order valence-corrected chi connectivity index (χ4v) is 4.61. The zero-order chi connectivity index (χ0) is 18.9. The van der Waals surface area contributed by atoms with E-state index < -0.39 is 5.97 Å². The van der Waals surface area contributed by atoms with Crippen LogP contribution in [0.25, 0.3) is 10.9 Å². The Morgan fingerprint density at radius 1 is 1.22 bits per heavy atom. The minimum absolute atomic E-state index is 0.0516. The lowest BCUT2D eigenvalue weighted by Crippen LogP contribution is -2.60. The lowest BCUT2D eigenvalue weighted by Gasteiger charge is -2.56. The van der Waals surface area contributed by atoms with Crippen LogP contribution in [0.3, 0.4) is 0 Å². The molecule has 1 heterocycles. The van der Waals surface area contributed by atoms with Crippen molar-refractivity contribution in [2.75, 3.05) is 6.61 Å². The van der Waals surface area contributed by atoms with E-state index in [-0.39, 0.29) is 29.7 Å². The average molecular weight is 371 g/mol. The van der Waals surface area contributed by atoms with E-state index in [0.29, 0.717) is 17.5 Å². The van der Waals surface area contributed by atoms with Gasteiger partial charge in [-0.15, -0.1) is 5.10 Å². The highest BCUT2D eigenvalue weighted by Crippen LogP contribution is 2.54. The summed E-state index contributed by atoms with van der Waals surface area (Å²) in [6.45, 7) is 2.46. The minimum Gasteiger partial charge on any atom is -0.460 e. The second kappa shape index (κ2) is 7.38. The van der Waals surface area contributed by atoms with E-state index in [0.717, 1.165) is 36.8 Å². The van der Waals surface area contributed by atoms with Crippen LogP contribution in [-0.2, 0) is 20.8 Å². The van der Waals surface area contributed by atoms with Crippen molar-refractivity contribution >= 4 is 16.9 Å². The molecule has 4 rings (SSSR count). The molecule has 2 aromatic rings. The third kappa shape index (κ3) is 3.25. The summed E-state index contributed by atoms with van der Waals surface area (Å²) in [6.07, 6.45) is 6.35. The van der Waals surface area contributed by atoms with Crippen LogP contribution >= 0.6 is 0 Å². The standard InChI is InChI=1S/C20H25N3O4/c1-2-26-16-12-17(20(16)10-6-3-7-11-20)27-18(24)13-23-19(25)14-8-4-5-9-15(14)21-22-23/h4-5,8-9,16-17H,2-3,6-7,10-13H2,1H3/t16-,17+/m0/s1. The molecule has 2 aliphatic rings. The van der Waals surface area contributed by atoms with Crippen molar-refractivity contribution < 1.29 is 14.3 Å². The molecule has 0 bridgehead atoms. The highest BCUT2D eigenvalue weighted by molar-refractivity contribution is 5.77. The Balaban J connectivity index is 1.47. The largest absolute Gasteiger partial charge is 0.460 e. The van der Waals surface area contributed by atoms with Crippen LogP contribution in [0.1, 0.15) is 45.4 Å². The molecule has 27 heavy (non-hydrogen) atoms. The molecule has 2 atom stereocenters. The van der Waals surface area contributed by atoms with E-state index in [1.807, 2.05) is 6.92 Å². The minimum atomic E-state index is -0.438. The molecule has 0 aliphatic heterocycles. The number of carbonyl (C=O) groups is 1. The molecule has 2 aliphatic carbocycles. The summed E-state index contributed by atoms with van der Waals surface area (Å²) in [7, 11) is 0. The lowest BCUT2D eigenvalue weighted by molar-refractivity contribution is -0.223. The van der Waals surface area contributed by atoms with Crippen molar-refractivity contribution in [3.05, 3.63) is 34.6 Å². The number of fused-ring (bicyclic) bond motifs is 1. The van der Waals surface area contributed by atoms with Gasteiger partial charge < -0.3 is 9.47 Å². The Kier molecular flexibility index (Phi) is 4.95. The number of rotatable bonds is 5. The first-order valence-electron chi connectivity index (χ1n) is 9.77. The van der Waals surface area contributed by atoms with Gasteiger partial charge in [0.1, 0.15) is 18.2 Å². The Bertz CT molecular complexity index is 888. The second-order valence-electron chi connectivity index (χ2n) is 7.52. The number of aromatic nitrogens is 3. The van der Waals surface area contributed by atoms with Gasteiger partial charge in [-0.2, -0.15) is 4.68 Å². The van der Waals surface area contributed by atoms with E-state index in [2.05, 4.69) is 10.3 Å². The molecule has 1 aromatic carbocycles. The van der Waals surface area contributed by atoms with Crippen LogP contribution in [0, 0.1) is 5.41 Å². The van der Waals surface area contributed by atoms with Crippen molar-refractivity contribution in [1.29, 1.82) is 0 Å². The van der Waals surface area contributed by atoms with E-state index >= 15 is 0 Å². The predicted molar refractivity (Wildman–Crippen MR) is 99.2 cm³/mol. The van der Waals surface area contributed by atoms with Crippen molar-refractivity contribution in [3.8, 4) is 0 Å². The van der Waals surface area contributed by atoms with Crippen LogP contribution in [0.2, 0.25) is 0 Å². The highest BCUT2D eigenvalue weighted by atomic mass is 16.6. The van der Waals surface area contributed by atoms with Gasteiger partial charge in [0.2, 0.25) is 0 Å². The molecule has 0 N–H and O–H groups in total. The molecule has 7 heteroatoms. The summed E-state index contributed by atoms with van der Waals surface area (Å²) in [6, 6.07) is 6.97. The van der Waals surface area contributed by atoms with Crippen LogP contribution in [0.15, 0.2) is 29.1 Å². The highest BCUT2D eigenvalue weighted by Gasteiger charge is 2.57. The molecule has 2 saturated carbocycles. The normalized spacial score (nSPS) is 23.9. The molecule has 0 amide bonds. The molecule has 7 nitrogen and oxygen atoms in total. The Hall–Kier alpha value is -2.28. The molecule has 2 fully saturated rings. The summed E-state index contributed by atoms with van der Waals surface area (Å²) >= 11 is 0. The van der Waals surface area contributed by atoms with Gasteiger partial charge in [0, 0.05) is 18.4 Å². The van der Waals surface area contributed by atoms with Gasteiger partial charge in [-0.1, -0.05) is 36.6 Å². The van der Waals surface area contributed by atoms with Gasteiger partial charge >= 0.3 is 5.97 Å². The fraction of sp³-hybridized carbons (Fsp3) is 0.600. The fourth-order valence-electron chi connectivity index (χ4n) is 4.61. The van der Waals surface area contributed by atoms with E-state index in [1.165, 1.54) is 6.42 Å². The molecular formula is C20H25N3O4. The smallest absolute Gasteiger partial charge is 0.328 e. The molecular weight excluding hydrogens is 346 g/mol. The maximum absolute atomic E-state index is 12.5. The van der Waals surface area contributed by atoms with Crippen LogP contribution < -0.4 is 5.56 Å². The maximum atomic E-state index is 12.5. The third-order valence-corrected chi connectivity index (χ3v) is 6.04. The number of hydrogen-bond donors (Lipinski definition) is 0. The predicted octanol–water partition coefficient (Wildman–Crippen LogP) is 2.46. The summed E-state index contributed by atoms with van der Waals surface area (Å²) in [5.41, 5.74) is 0.141. The van der Waals surface area contributed by atoms with E-state index in [9.17, 15) is 9.59 Å². The van der Waals surface area contributed by atoms with Gasteiger partial charge in [-0.3, -0.25) is 9.59 Å². The third-order valence-electron chi connectivity index (χ3n) is 6.04. The Labute approximate surface area is 157 Å². The van der Waals surface area contributed by atoms with Crippen LogP contribution in [0.4, 0.5) is 0 Å². The summed E-state index contributed by atoms with van der Waals surface area (Å²) in [4.78, 5) is 25.0. The van der Waals surface area contributed by atoms with Crippen molar-refractivity contribution in [3.63, 3.8) is 0 Å². The second-order valence-corrected chi connectivity index (χ2v) is 7.52. The van der Waals surface area contributed by atoms with Crippen molar-refractivity contribution in [1.82, 2.24) is 15.0 Å². The molecule has 1 spiro atoms. The lowest BCUT2D eigenvalue weighted by atomic mass is 9.56. The quantitative estimate of drug-likeness (QED) is 0.751. The Morgan fingerprint density at radius 3 is 2.78 bits per heavy atom. The van der Waals surface area contributed by atoms with Gasteiger partial charge in [0.25, 0.3) is 5.56 Å². The number of esters is 1. The molecule has 144 valence electrons. The zero-order valence-electron chi connectivity index (χ0n) is 15.6. The first-order valence-corrected chi connectivity index (χ1v) is 9.77. The topological polar surface area (TPSA) is 83.3 Å². The summed E-state index contributed by atoms with van der Waals surface area (Å²) in [5.74, 6) is -0.438. The van der Waals surface area contributed by atoms with Crippen LogP contribution in [-0.4, -0.2) is 39.8 Å². The van der Waals surface area contributed by atoms with E-state index in [1.54, 1.807) is 24.3 Å². The molecule has 1 aromatic heterocycles. The number of ether oxygens (including phenoxy) is 2. The number of nitrogens with zero attached hydrogens (tertiary/aromatic N) is 3. The molecule has 0 unspecified atom stereocenters. The van der Waals surface area contributed by atoms with Gasteiger partial charge in [-0.05, 0) is 31.9 Å². The first kappa shape index (κ1) is 18.1. The average Bonchev–Trinajstić information content (AvgIpc) is 2.70. The summed E-state index contributed by atoms with van der Waals surface area (Å²) < 4.78 is 12.8. The van der Waals surface area contributed by atoms with Gasteiger partial charge in [0.15, 0.2) is 0 Å². The van der Waals surface area contributed by atoms with Crippen molar-refractivity contribution in [2.45, 2.75) is 64.2 Å². The monoisotopic (exact) mass is 371 g/mol. The van der Waals surface area contributed by atoms with Crippen molar-refractivity contribution in [2.24, 2.45) is 5.41 Å². The number of hydrogen-bond acceptors (Lipinski definition) is 6. The number of benzene rings is 1. The molecule has 0 radical (unpaired) electrons. The van der Waals surface area contributed by atoms with E-state index in [4.69, 9.17) is 9.47 Å². The zero-order valence-corrected chi connectivity index (χ0v) is 15.6. The summed E-state index contributed by atoms with van der Waals surface area (Å²) in [5, 5.41) is 8.34. The Morgan fingerprint density at radius 2 is 2.00 bits per heavy atom. The number of carbonyl (C=O) groups excluding carboxylic acids is 1.